The lowest BCUT2D eigenvalue weighted by Crippen LogP contribution is -2.48. The van der Waals surface area contributed by atoms with E-state index in [1.807, 2.05) is 6.92 Å². The molecule has 8 heteroatoms. The van der Waals surface area contributed by atoms with Crippen molar-refractivity contribution in [3.63, 3.8) is 0 Å². The monoisotopic (exact) mass is 448 g/mol. The normalized spacial score (nSPS) is 23.0. The van der Waals surface area contributed by atoms with E-state index in [-0.39, 0.29) is 41.5 Å². The van der Waals surface area contributed by atoms with E-state index < -0.39 is 29.0 Å². The van der Waals surface area contributed by atoms with Crippen LogP contribution in [0.2, 0.25) is 0 Å². The number of carbonyl (C=O) groups is 3. The molecule has 1 aromatic rings. The van der Waals surface area contributed by atoms with Crippen molar-refractivity contribution in [1.29, 1.82) is 0 Å². The van der Waals surface area contributed by atoms with Crippen molar-refractivity contribution in [2.45, 2.75) is 83.2 Å². The number of hydrogen-bond acceptors (Lipinski definition) is 4. The van der Waals surface area contributed by atoms with Crippen molar-refractivity contribution in [3.8, 4) is 0 Å². The summed E-state index contributed by atoms with van der Waals surface area (Å²) in [6.45, 7) is 7.44. The Labute approximate surface area is 186 Å². The van der Waals surface area contributed by atoms with Gasteiger partial charge in [0.05, 0.1) is 17.7 Å². The molecule has 2 unspecified atom stereocenters. The fourth-order valence-corrected chi connectivity index (χ4v) is 5.02. The number of esters is 1. The Kier molecular flexibility index (Phi) is 5.75. The van der Waals surface area contributed by atoms with Crippen LogP contribution in [0.15, 0.2) is 6.07 Å². The van der Waals surface area contributed by atoms with Crippen LogP contribution in [0.1, 0.15) is 76.8 Å². The maximum Gasteiger partial charge on any atom is 0.305 e. The van der Waals surface area contributed by atoms with Gasteiger partial charge in [-0.15, -0.1) is 0 Å². The first-order valence-electron chi connectivity index (χ1n) is 11.4. The predicted octanol–water partition coefficient (Wildman–Crippen LogP) is 3.80. The molecule has 0 radical (unpaired) electrons. The molecule has 6 nitrogen and oxygen atoms in total. The molecule has 4 rings (SSSR count). The molecule has 1 saturated carbocycles. The second kappa shape index (κ2) is 8.12. The molecule has 2 aliphatic heterocycles. The lowest BCUT2D eigenvalue weighted by atomic mass is 9.84. The highest BCUT2D eigenvalue weighted by molar-refractivity contribution is 6.12. The average Bonchev–Trinajstić information content (AvgIpc) is 3.47. The Hall–Kier alpha value is -2.51. The van der Waals surface area contributed by atoms with Crippen LogP contribution in [0.25, 0.3) is 0 Å². The molecule has 3 aliphatic rings. The van der Waals surface area contributed by atoms with Crippen LogP contribution in [0.3, 0.4) is 0 Å². The van der Waals surface area contributed by atoms with E-state index in [9.17, 15) is 14.4 Å². The summed E-state index contributed by atoms with van der Waals surface area (Å²) in [6.07, 6.45) is 2.57. The van der Waals surface area contributed by atoms with Gasteiger partial charge in [-0.3, -0.25) is 19.3 Å². The van der Waals surface area contributed by atoms with E-state index >= 15 is 8.78 Å². The number of benzene rings is 1. The van der Waals surface area contributed by atoms with Gasteiger partial charge in [-0.2, -0.15) is 0 Å². The number of anilines is 1. The van der Waals surface area contributed by atoms with Gasteiger partial charge in [0.2, 0.25) is 11.8 Å². The number of carbonyl (C=O) groups excluding carboxylic acids is 3. The standard InChI is InChI=1S/C24H30F2N2O4/c1-5-32-18(29)9-6-13(2)27-11-10-17(22(27)30)28-21-16(25)12-15(14-7-8-14)20(26)19(21)24(3,4)23(28)31/h12-14,17H,5-11H2,1-4H3. The van der Waals surface area contributed by atoms with Crippen molar-refractivity contribution >= 4 is 23.5 Å². The van der Waals surface area contributed by atoms with Crippen molar-refractivity contribution in [2.75, 3.05) is 18.1 Å². The minimum absolute atomic E-state index is 0.00129. The van der Waals surface area contributed by atoms with E-state index in [1.165, 1.54) is 11.0 Å². The molecule has 1 aliphatic carbocycles. The number of ether oxygens (including phenoxy) is 1. The molecular formula is C24H30F2N2O4. The van der Waals surface area contributed by atoms with E-state index in [1.54, 1.807) is 25.7 Å². The predicted molar refractivity (Wildman–Crippen MR) is 114 cm³/mol. The highest BCUT2D eigenvalue weighted by atomic mass is 19.1. The number of rotatable bonds is 7. The second-order valence-electron chi connectivity index (χ2n) is 9.59. The second-order valence-corrected chi connectivity index (χ2v) is 9.59. The Bertz CT molecular complexity index is 973. The van der Waals surface area contributed by atoms with E-state index in [2.05, 4.69) is 0 Å². The largest absolute Gasteiger partial charge is 0.466 e. The topological polar surface area (TPSA) is 66.9 Å². The Morgan fingerprint density at radius 2 is 1.94 bits per heavy atom. The smallest absolute Gasteiger partial charge is 0.305 e. The van der Waals surface area contributed by atoms with Gasteiger partial charge in [0.1, 0.15) is 17.7 Å². The maximum atomic E-state index is 15.4. The molecular weight excluding hydrogens is 418 g/mol. The maximum absolute atomic E-state index is 15.4. The molecule has 0 aromatic heterocycles. The molecule has 2 heterocycles. The molecule has 2 atom stereocenters. The number of halogens is 2. The summed E-state index contributed by atoms with van der Waals surface area (Å²) in [5.41, 5.74) is -0.961. The minimum atomic E-state index is -1.26. The van der Waals surface area contributed by atoms with Gasteiger partial charge in [0.25, 0.3) is 0 Å². The fraction of sp³-hybridized carbons (Fsp3) is 0.625. The zero-order chi connectivity index (χ0) is 23.4. The Morgan fingerprint density at radius 1 is 1.25 bits per heavy atom. The van der Waals surface area contributed by atoms with Crippen molar-refractivity contribution in [2.24, 2.45) is 0 Å². The highest BCUT2D eigenvalue weighted by Gasteiger charge is 2.54. The third-order valence-electron chi connectivity index (χ3n) is 6.98. The van der Waals surface area contributed by atoms with Gasteiger partial charge < -0.3 is 9.64 Å². The fourth-order valence-electron chi connectivity index (χ4n) is 5.02. The number of hydrogen-bond donors (Lipinski definition) is 0. The van der Waals surface area contributed by atoms with Gasteiger partial charge in [0, 0.05) is 24.6 Å². The van der Waals surface area contributed by atoms with Crippen LogP contribution in [-0.4, -0.2) is 47.9 Å². The lowest BCUT2D eigenvalue weighted by Gasteiger charge is -2.28. The number of likely N-dealkylation sites (tertiary alicyclic amines) is 1. The van der Waals surface area contributed by atoms with E-state index in [0.29, 0.717) is 31.6 Å². The summed E-state index contributed by atoms with van der Waals surface area (Å²) < 4.78 is 35.6. The molecule has 0 N–H and O–H groups in total. The highest BCUT2D eigenvalue weighted by Crippen LogP contribution is 2.51. The van der Waals surface area contributed by atoms with Gasteiger partial charge in [-0.25, -0.2) is 8.78 Å². The van der Waals surface area contributed by atoms with Gasteiger partial charge >= 0.3 is 5.97 Å². The molecule has 2 fully saturated rings. The summed E-state index contributed by atoms with van der Waals surface area (Å²) in [6, 6.07) is 0.0850. The van der Waals surface area contributed by atoms with Crippen LogP contribution in [0.4, 0.5) is 14.5 Å². The first kappa shape index (κ1) is 22.7. The van der Waals surface area contributed by atoms with Gasteiger partial charge in [-0.1, -0.05) is 0 Å². The molecule has 1 saturated heterocycles. The SMILES string of the molecule is CCOC(=O)CCC(C)N1CCC(N2C(=O)C(C)(C)c3c(F)c(C4CC4)cc(F)c32)C1=O. The van der Waals surface area contributed by atoms with E-state index in [4.69, 9.17) is 4.74 Å². The lowest BCUT2D eigenvalue weighted by molar-refractivity contribution is -0.144. The van der Waals surface area contributed by atoms with Crippen molar-refractivity contribution in [1.82, 2.24) is 4.90 Å². The Morgan fingerprint density at radius 3 is 2.56 bits per heavy atom. The molecule has 1 aromatic carbocycles. The Balaban J connectivity index is 1.60. The summed E-state index contributed by atoms with van der Waals surface area (Å²) >= 11 is 0. The third-order valence-corrected chi connectivity index (χ3v) is 6.98. The van der Waals surface area contributed by atoms with Crippen LogP contribution in [-0.2, 0) is 24.5 Å². The molecule has 2 amide bonds. The average molecular weight is 449 g/mol. The van der Waals surface area contributed by atoms with Crippen LogP contribution < -0.4 is 4.90 Å². The van der Waals surface area contributed by atoms with Crippen LogP contribution in [0.5, 0.6) is 0 Å². The third kappa shape index (κ3) is 3.57. The molecule has 0 spiro atoms. The van der Waals surface area contributed by atoms with Crippen molar-refractivity contribution < 1.29 is 27.9 Å². The number of nitrogens with zero attached hydrogens (tertiary/aromatic N) is 2. The van der Waals surface area contributed by atoms with Crippen molar-refractivity contribution in [3.05, 3.63) is 28.8 Å². The molecule has 0 bridgehead atoms. The quantitative estimate of drug-likeness (QED) is 0.595. The zero-order valence-electron chi connectivity index (χ0n) is 19.0. The number of fused-ring (bicyclic) bond motifs is 1. The first-order valence-corrected chi connectivity index (χ1v) is 11.4. The number of amides is 2. The van der Waals surface area contributed by atoms with Gasteiger partial charge in [0.15, 0.2) is 0 Å². The first-order chi connectivity index (χ1) is 15.1. The summed E-state index contributed by atoms with van der Waals surface area (Å²) in [7, 11) is 0. The van der Waals surface area contributed by atoms with Gasteiger partial charge in [-0.05, 0) is 70.9 Å². The molecule has 174 valence electrons. The molecule has 32 heavy (non-hydrogen) atoms. The minimum Gasteiger partial charge on any atom is -0.466 e. The van der Waals surface area contributed by atoms with Crippen LogP contribution in [0, 0.1) is 11.6 Å². The summed E-state index contributed by atoms with van der Waals surface area (Å²) in [5.74, 6) is -2.25. The van der Waals surface area contributed by atoms with E-state index in [0.717, 1.165) is 12.8 Å². The zero-order valence-corrected chi connectivity index (χ0v) is 19.0. The van der Waals surface area contributed by atoms with Crippen LogP contribution >= 0.6 is 0 Å². The summed E-state index contributed by atoms with van der Waals surface area (Å²) in [5, 5.41) is 0. The summed E-state index contributed by atoms with van der Waals surface area (Å²) in [4.78, 5) is 41.1.